The summed E-state index contributed by atoms with van der Waals surface area (Å²) in [4.78, 5) is 19.0. The van der Waals surface area contributed by atoms with Crippen LogP contribution >= 0.6 is 0 Å². The minimum absolute atomic E-state index is 0.173. The van der Waals surface area contributed by atoms with Gasteiger partial charge in [0.2, 0.25) is 0 Å². The van der Waals surface area contributed by atoms with E-state index in [1.807, 2.05) is 54.6 Å². The number of fused-ring (bicyclic) bond motifs is 1. The molecule has 3 heterocycles. The van der Waals surface area contributed by atoms with Crippen molar-refractivity contribution in [2.45, 2.75) is 0 Å². The second kappa shape index (κ2) is 4.96. The van der Waals surface area contributed by atoms with Crippen LogP contribution < -0.4 is 5.56 Å². The van der Waals surface area contributed by atoms with Crippen LogP contribution in [-0.4, -0.2) is 19.6 Å². The number of pyridine rings is 1. The van der Waals surface area contributed by atoms with Gasteiger partial charge in [-0.05, 0) is 12.1 Å². The van der Waals surface area contributed by atoms with E-state index in [2.05, 4.69) is 15.1 Å². The molecule has 5 nitrogen and oxygen atoms in total. The van der Waals surface area contributed by atoms with Crippen molar-refractivity contribution in [3.63, 3.8) is 0 Å². The first kappa shape index (κ1) is 12.5. The quantitative estimate of drug-likeness (QED) is 0.617. The van der Waals surface area contributed by atoms with Gasteiger partial charge >= 0.3 is 0 Å². The summed E-state index contributed by atoms with van der Waals surface area (Å²) < 4.78 is 1.71. The first-order valence-corrected chi connectivity index (χ1v) is 6.91. The number of nitrogens with zero attached hydrogens (tertiary/aromatic N) is 3. The molecule has 5 heteroatoms. The molecule has 0 fully saturated rings. The third-order valence-electron chi connectivity index (χ3n) is 3.45. The van der Waals surface area contributed by atoms with E-state index in [9.17, 15) is 4.79 Å². The Hall–Kier alpha value is -3.21. The Morgan fingerprint density at radius 3 is 2.50 bits per heavy atom. The first-order valence-electron chi connectivity index (χ1n) is 6.91. The Kier molecular flexibility index (Phi) is 2.83. The average Bonchev–Trinajstić information content (AvgIpc) is 2.99. The van der Waals surface area contributed by atoms with E-state index in [1.54, 1.807) is 10.7 Å². The Labute approximate surface area is 125 Å². The van der Waals surface area contributed by atoms with Crippen molar-refractivity contribution < 1.29 is 0 Å². The molecule has 0 saturated carbocycles. The molecule has 0 aliphatic rings. The van der Waals surface area contributed by atoms with Gasteiger partial charge in [0, 0.05) is 23.9 Å². The zero-order valence-corrected chi connectivity index (χ0v) is 11.6. The third kappa shape index (κ3) is 2.09. The van der Waals surface area contributed by atoms with Gasteiger partial charge in [0.05, 0.1) is 17.1 Å². The van der Waals surface area contributed by atoms with E-state index in [-0.39, 0.29) is 5.56 Å². The number of nitrogens with one attached hydrogen (secondary N) is 1. The topological polar surface area (TPSA) is 63.1 Å². The van der Waals surface area contributed by atoms with E-state index in [0.29, 0.717) is 17.0 Å². The van der Waals surface area contributed by atoms with Crippen LogP contribution in [0.3, 0.4) is 0 Å². The summed E-state index contributed by atoms with van der Waals surface area (Å²) in [5, 5.41) is 4.61. The van der Waals surface area contributed by atoms with E-state index in [0.717, 1.165) is 11.3 Å². The first-order chi connectivity index (χ1) is 10.8. The normalized spacial score (nSPS) is 10.9. The highest BCUT2D eigenvalue weighted by Gasteiger charge is 2.11. The molecule has 1 aromatic carbocycles. The van der Waals surface area contributed by atoms with Gasteiger partial charge in [-0.25, -0.2) is 4.52 Å². The minimum Gasteiger partial charge on any atom is -0.307 e. The lowest BCUT2D eigenvalue weighted by Crippen LogP contribution is -2.09. The largest absolute Gasteiger partial charge is 0.307 e. The van der Waals surface area contributed by atoms with Gasteiger partial charge in [-0.3, -0.25) is 9.78 Å². The van der Waals surface area contributed by atoms with Crippen molar-refractivity contribution in [3.05, 3.63) is 77.2 Å². The molecule has 0 atom stereocenters. The van der Waals surface area contributed by atoms with Crippen molar-refractivity contribution in [1.82, 2.24) is 19.6 Å². The second-order valence-corrected chi connectivity index (χ2v) is 4.93. The van der Waals surface area contributed by atoms with Crippen LogP contribution in [-0.2, 0) is 0 Å². The monoisotopic (exact) mass is 288 g/mol. The van der Waals surface area contributed by atoms with Crippen molar-refractivity contribution in [3.8, 4) is 22.6 Å². The third-order valence-corrected chi connectivity index (χ3v) is 3.45. The predicted octanol–water partition coefficient (Wildman–Crippen LogP) is 2.75. The Bertz CT molecular complexity index is 988. The molecule has 4 rings (SSSR count). The van der Waals surface area contributed by atoms with Gasteiger partial charge in [0.1, 0.15) is 5.65 Å². The molecule has 0 aliphatic heterocycles. The molecule has 0 unspecified atom stereocenters. The lowest BCUT2D eigenvalue weighted by atomic mass is 10.2. The maximum atomic E-state index is 11.9. The van der Waals surface area contributed by atoms with E-state index in [4.69, 9.17) is 0 Å². The van der Waals surface area contributed by atoms with Crippen molar-refractivity contribution in [2.75, 3.05) is 0 Å². The highest BCUT2D eigenvalue weighted by molar-refractivity contribution is 5.66. The molecule has 0 aliphatic carbocycles. The summed E-state index contributed by atoms with van der Waals surface area (Å²) in [6.07, 6.45) is 1.70. The SMILES string of the molecule is O=c1cc(-c2ccccn2)n2nc(-c3ccccc3)cc2[nH]1. The highest BCUT2D eigenvalue weighted by Crippen LogP contribution is 2.21. The molecule has 3 aromatic heterocycles. The van der Waals surface area contributed by atoms with Gasteiger partial charge in [-0.1, -0.05) is 36.4 Å². The molecule has 0 radical (unpaired) electrons. The maximum Gasteiger partial charge on any atom is 0.251 e. The molecule has 22 heavy (non-hydrogen) atoms. The lowest BCUT2D eigenvalue weighted by molar-refractivity contribution is 0.937. The van der Waals surface area contributed by atoms with Crippen molar-refractivity contribution in [1.29, 1.82) is 0 Å². The van der Waals surface area contributed by atoms with Crippen LogP contribution in [0.5, 0.6) is 0 Å². The van der Waals surface area contributed by atoms with E-state index >= 15 is 0 Å². The standard InChI is InChI=1S/C17H12N4O/c22-17-11-15(13-8-4-5-9-18-13)21-16(19-17)10-14(20-21)12-6-2-1-3-7-12/h1-11H,(H,19,22). The Morgan fingerprint density at radius 2 is 1.73 bits per heavy atom. The fourth-order valence-corrected chi connectivity index (χ4v) is 2.45. The smallest absolute Gasteiger partial charge is 0.251 e. The van der Waals surface area contributed by atoms with Crippen molar-refractivity contribution >= 4 is 5.65 Å². The Morgan fingerprint density at radius 1 is 0.909 bits per heavy atom. The summed E-state index contributed by atoms with van der Waals surface area (Å²) in [7, 11) is 0. The second-order valence-electron chi connectivity index (χ2n) is 4.93. The minimum atomic E-state index is -0.173. The number of benzene rings is 1. The Balaban J connectivity index is 1.99. The number of rotatable bonds is 2. The molecule has 0 amide bonds. The van der Waals surface area contributed by atoms with Crippen LogP contribution in [0.4, 0.5) is 0 Å². The zero-order valence-electron chi connectivity index (χ0n) is 11.6. The van der Waals surface area contributed by atoms with Crippen LogP contribution in [0.25, 0.3) is 28.3 Å². The lowest BCUT2D eigenvalue weighted by Gasteiger charge is -2.03. The molecule has 0 bridgehead atoms. The van der Waals surface area contributed by atoms with Gasteiger partial charge in [-0.2, -0.15) is 5.10 Å². The van der Waals surface area contributed by atoms with Gasteiger partial charge < -0.3 is 4.98 Å². The average molecular weight is 288 g/mol. The van der Waals surface area contributed by atoms with Crippen LogP contribution in [0.2, 0.25) is 0 Å². The molecule has 106 valence electrons. The van der Waals surface area contributed by atoms with Crippen LogP contribution in [0, 0.1) is 0 Å². The molecular formula is C17H12N4O. The van der Waals surface area contributed by atoms with Crippen LogP contribution in [0.15, 0.2) is 71.7 Å². The number of aromatic nitrogens is 4. The van der Waals surface area contributed by atoms with Gasteiger partial charge in [-0.15, -0.1) is 0 Å². The van der Waals surface area contributed by atoms with E-state index < -0.39 is 0 Å². The molecule has 0 saturated heterocycles. The summed E-state index contributed by atoms with van der Waals surface area (Å²) >= 11 is 0. The van der Waals surface area contributed by atoms with Crippen molar-refractivity contribution in [2.24, 2.45) is 0 Å². The number of hydrogen-bond acceptors (Lipinski definition) is 3. The van der Waals surface area contributed by atoms with Crippen LogP contribution in [0.1, 0.15) is 0 Å². The number of H-pyrrole nitrogens is 1. The molecular weight excluding hydrogens is 276 g/mol. The summed E-state index contributed by atoms with van der Waals surface area (Å²) in [6, 6.07) is 18.8. The summed E-state index contributed by atoms with van der Waals surface area (Å²) in [5.74, 6) is 0. The zero-order chi connectivity index (χ0) is 14.9. The fraction of sp³-hybridized carbons (Fsp3) is 0. The molecule has 1 N–H and O–H groups in total. The fourth-order valence-electron chi connectivity index (χ4n) is 2.45. The number of aromatic amines is 1. The van der Waals surface area contributed by atoms with E-state index in [1.165, 1.54) is 6.07 Å². The molecule has 0 spiro atoms. The predicted molar refractivity (Wildman–Crippen MR) is 84.5 cm³/mol. The molecule has 4 aromatic rings. The maximum absolute atomic E-state index is 11.9. The van der Waals surface area contributed by atoms with Gasteiger partial charge in [0.15, 0.2) is 0 Å². The number of hydrogen-bond donors (Lipinski definition) is 1. The highest BCUT2D eigenvalue weighted by atomic mass is 16.1. The summed E-state index contributed by atoms with van der Waals surface area (Å²) in [6.45, 7) is 0. The van der Waals surface area contributed by atoms with Gasteiger partial charge in [0.25, 0.3) is 5.56 Å². The summed E-state index contributed by atoms with van der Waals surface area (Å²) in [5.41, 5.74) is 3.65.